The van der Waals surface area contributed by atoms with Crippen LogP contribution in [0.1, 0.15) is 62.8 Å². The number of ether oxygens (including phenoxy) is 1. The van der Waals surface area contributed by atoms with Crippen molar-refractivity contribution >= 4 is 18.6 Å². The zero-order valence-corrected chi connectivity index (χ0v) is 19.8. The molecule has 3 aromatic carbocycles. The van der Waals surface area contributed by atoms with Gasteiger partial charge in [0.15, 0.2) is 0 Å². The quantitative estimate of drug-likeness (QED) is 0.176. The first-order valence-electron chi connectivity index (χ1n) is 11.0. The molecular weight excluding hydrogens is 400 g/mol. The monoisotopic (exact) mass is 432 g/mol. The van der Waals surface area contributed by atoms with Crippen LogP contribution in [0, 0.1) is 5.92 Å². The van der Waals surface area contributed by atoms with Gasteiger partial charge in [-0.3, -0.25) is 4.79 Å². The van der Waals surface area contributed by atoms with Crippen molar-refractivity contribution in [3.63, 3.8) is 0 Å². The molecule has 0 aliphatic heterocycles. The largest absolute Gasteiger partial charge is 0.425 e. The van der Waals surface area contributed by atoms with Gasteiger partial charge in [-0.1, -0.05) is 87.5 Å². The van der Waals surface area contributed by atoms with E-state index >= 15 is 0 Å². The minimum absolute atomic E-state index is 0.207. The summed E-state index contributed by atoms with van der Waals surface area (Å²) in [7, 11) is 0. The number of thiol groups is 1. The lowest BCUT2D eigenvalue weighted by Gasteiger charge is -2.35. The minimum Gasteiger partial charge on any atom is -0.425 e. The number of benzene rings is 3. The summed E-state index contributed by atoms with van der Waals surface area (Å²) in [4.78, 5) is 13.1. The molecule has 3 heteroatoms. The smallest absolute Gasteiger partial charge is 0.311 e. The predicted molar refractivity (Wildman–Crippen MR) is 131 cm³/mol. The van der Waals surface area contributed by atoms with Gasteiger partial charge in [0.1, 0.15) is 5.75 Å². The molecule has 0 spiro atoms. The molecule has 0 atom stereocenters. The molecule has 3 aromatic rings. The summed E-state index contributed by atoms with van der Waals surface area (Å²) in [5.41, 5.74) is 4.20. The summed E-state index contributed by atoms with van der Waals surface area (Å²) in [5, 5.41) is 0. The summed E-state index contributed by atoms with van der Waals surface area (Å²) in [6, 6.07) is 25.2. The SMILES string of the molecule is CCCC(=O)Oc1c(S)ccc(C(C)(c2ccccc2)c2ccccc2)c1CC(C)C. The number of carbonyl (C=O) groups is 1. The minimum atomic E-state index is -0.403. The average molecular weight is 433 g/mol. The molecule has 162 valence electrons. The summed E-state index contributed by atoms with van der Waals surface area (Å²) in [6.07, 6.45) is 1.95. The van der Waals surface area contributed by atoms with Gasteiger partial charge >= 0.3 is 5.97 Å². The van der Waals surface area contributed by atoms with E-state index in [9.17, 15) is 4.79 Å². The van der Waals surface area contributed by atoms with E-state index in [1.54, 1.807) is 0 Å². The fourth-order valence-electron chi connectivity index (χ4n) is 4.20. The highest BCUT2D eigenvalue weighted by Crippen LogP contribution is 2.45. The molecule has 0 aliphatic rings. The van der Waals surface area contributed by atoms with Crippen LogP contribution in [0.5, 0.6) is 5.75 Å². The lowest BCUT2D eigenvalue weighted by Crippen LogP contribution is -2.28. The van der Waals surface area contributed by atoms with Gasteiger partial charge in [-0.05, 0) is 48.4 Å². The normalized spacial score (nSPS) is 11.5. The van der Waals surface area contributed by atoms with Crippen LogP contribution in [0.25, 0.3) is 0 Å². The third-order valence-electron chi connectivity index (χ3n) is 5.76. The van der Waals surface area contributed by atoms with E-state index < -0.39 is 5.41 Å². The second kappa shape index (κ2) is 10.2. The molecule has 0 saturated carbocycles. The molecule has 0 N–H and O–H groups in total. The van der Waals surface area contributed by atoms with Gasteiger partial charge in [0, 0.05) is 22.3 Å². The van der Waals surface area contributed by atoms with E-state index in [2.05, 4.69) is 88.0 Å². The summed E-state index contributed by atoms with van der Waals surface area (Å²) < 4.78 is 5.91. The van der Waals surface area contributed by atoms with Crippen LogP contribution in [0.15, 0.2) is 77.7 Å². The molecule has 0 aliphatic carbocycles. The zero-order chi connectivity index (χ0) is 22.4. The maximum atomic E-state index is 12.4. The van der Waals surface area contributed by atoms with E-state index in [0.717, 1.165) is 24.0 Å². The van der Waals surface area contributed by atoms with Crippen LogP contribution in [-0.4, -0.2) is 5.97 Å². The van der Waals surface area contributed by atoms with Crippen molar-refractivity contribution in [1.29, 1.82) is 0 Å². The van der Waals surface area contributed by atoms with Crippen LogP contribution < -0.4 is 4.74 Å². The van der Waals surface area contributed by atoms with E-state index in [0.29, 0.717) is 23.0 Å². The number of hydrogen-bond donors (Lipinski definition) is 1. The van der Waals surface area contributed by atoms with E-state index in [-0.39, 0.29) is 5.97 Å². The lowest BCUT2D eigenvalue weighted by molar-refractivity contribution is -0.134. The summed E-state index contributed by atoms with van der Waals surface area (Å²) in [6.45, 7) is 8.62. The highest BCUT2D eigenvalue weighted by atomic mass is 32.1. The predicted octanol–water partition coefficient (Wildman–Crippen LogP) is 7.23. The molecule has 0 fully saturated rings. The van der Waals surface area contributed by atoms with Crippen molar-refractivity contribution in [2.75, 3.05) is 0 Å². The third-order valence-corrected chi connectivity index (χ3v) is 6.12. The Labute approximate surface area is 192 Å². The molecule has 0 bridgehead atoms. The van der Waals surface area contributed by atoms with Crippen molar-refractivity contribution in [2.24, 2.45) is 5.92 Å². The Hall–Kier alpha value is -2.52. The summed E-state index contributed by atoms with van der Waals surface area (Å²) >= 11 is 4.67. The number of rotatable bonds is 8. The zero-order valence-electron chi connectivity index (χ0n) is 18.9. The van der Waals surface area contributed by atoms with Gasteiger partial charge in [-0.2, -0.15) is 0 Å². The van der Waals surface area contributed by atoms with E-state index in [4.69, 9.17) is 4.74 Å². The van der Waals surface area contributed by atoms with Gasteiger partial charge in [0.25, 0.3) is 0 Å². The maximum Gasteiger partial charge on any atom is 0.311 e. The Balaban J connectivity index is 2.30. The fraction of sp³-hybridized carbons (Fsp3) is 0.321. The van der Waals surface area contributed by atoms with Crippen molar-refractivity contribution in [2.45, 2.75) is 57.3 Å². The van der Waals surface area contributed by atoms with Gasteiger partial charge in [-0.15, -0.1) is 12.6 Å². The highest BCUT2D eigenvalue weighted by Gasteiger charge is 2.35. The Morgan fingerprint density at radius 1 is 0.935 bits per heavy atom. The third kappa shape index (κ3) is 5.04. The Bertz CT molecular complexity index is 970. The van der Waals surface area contributed by atoms with Gasteiger partial charge in [0.05, 0.1) is 0 Å². The number of esters is 1. The van der Waals surface area contributed by atoms with Gasteiger partial charge in [-0.25, -0.2) is 0 Å². The molecule has 3 rings (SSSR count). The van der Waals surface area contributed by atoms with Crippen molar-refractivity contribution in [3.05, 3.63) is 95.1 Å². The molecule has 0 radical (unpaired) electrons. The summed E-state index contributed by atoms with van der Waals surface area (Å²) in [5.74, 6) is 0.792. The van der Waals surface area contributed by atoms with Crippen molar-refractivity contribution < 1.29 is 9.53 Å². The first-order chi connectivity index (χ1) is 14.9. The second-order valence-electron chi connectivity index (χ2n) is 8.62. The average Bonchev–Trinajstić information content (AvgIpc) is 2.77. The molecule has 0 heterocycles. The highest BCUT2D eigenvalue weighted by molar-refractivity contribution is 7.80. The van der Waals surface area contributed by atoms with Crippen LogP contribution in [0.2, 0.25) is 0 Å². The van der Waals surface area contributed by atoms with Gasteiger partial charge in [0.2, 0.25) is 0 Å². The number of hydrogen-bond acceptors (Lipinski definition) is 3. The molecule has 0 unspecified atom stereocenters. The van der Waals surface area contributed by atoms with E-state index in [1.165, 1.54) is 11.1 Å². The molecule has 0 aromatic heterocycles. The lowest BCUT2D eigenvalue weighted by atomic mass is 9.69. The number of carbonyl (C=O) groups excluding carboxylic acids is 1. The second-order valence-corrected chi connectivity index (χ2v) is 9.10. The van der Waals surface area contributed by atoms with Crippen molar-refractivity contribution in [3.8, 4) is 5.75 Å². The first-order valence-corrected chi connectivity index (χ1v) is 11.5. The van der Waals surface area contributed by atoms with Crippen LogP contribution in [0.4, 0.5) is 0 Å². The van der Waals surface area contributed by atoms with Crippen LogP contribution in [-0.2, 0) is 16.6 Å². The first kappa shape index (κ1) is 23.1. The molecule has 0 amide bonds. The van der Waals surface area contributed by atoms with Crippen LogP contribution >= 0.6 is 12.6 Å². The standard InChI is InChI=1S/C28H32O2S/c1-5-12-26(29)30-27-23(19-20(2)3)24(17-18-25(27)31)28(4,21-13-8-6-9-14-21)22-15-10-7-11-16-22/h6-11,13-18,20,31H,5,12,19H2,1-4H3. The van der Waals surface area contributed by atoms with Crippen molar-refractivity contribution in [1.82, 2.24) is 0 Å². The molecule has 0 saturated heterocycles. The molecular formula is C28H32O2S. The Morgan fingerprint density at radius 2 is 1.48 bits per heavy atom. The Kier molecular flexibility index (Phi) is 7.61. The Morgan fingerprint density at radius 3 is 1.97 bits per heavy atom. The maximum absolute atomic E-state index is 12.4. The molecule has 31 heavy (non-hydrogen) atoms. The molecule has 2 nitrogen and oxygen atoms in total. The van der Waals surface area contributed by atoms with Crippen LogP contribution in [0.3, 0.4) is 0 Å². The topological polar surface area (TPSA) is 26.3 Å². The fourth-order valence-corrected chi connectivity index (χ4v) is 4.45. The van der Waals surface area contributed by atoms with Gasteiger partial charge < -0.3 is 4.74 Å². The van der Waals surface area contributed by atoms with E-state index in [1.807, 2.05) is 25.1 Å².